The Bertz CT molecular complexity index is 485. The van der Waals surface area contributed by atoms with Crippen molar-refractivity contribution in [1.82, 2.24) is 10.4 Å². The van der Waals surface area contributed by atoms with Gasteiger partial charge in [-0.2, -0.15) is 0 Å². The van der Waals surface area contributed by atoms with Gasteiger partial charge in [-0.05, 0) is 11.8 Å². The Morgan fingerprint density at radius 1 is 1.33 bits per heavy atom. The Labute approximate surface area is 161 Å². The normalized spacial score (nSPS) is 17.7. The summed E-state index contributed by atoms with van der Waals surface area (Å²) in [4.78, 5) is 36.2. The van der Waals surface area contributed by atoms with Gasteiger partial charge >= 0.3 is 5.97 Å². The third-order valence-corrected chi connectivity index (χ3v) is 4.65. The third-order valence-electron chi connectivity index (χ3n) is 4.65. The van der Waals surface area contributed by atoms with Gasteiger partial charge in [-0.1, -0.05) is 40.5 Å². The van der Waals surface area contributed by atoms with E-state index in [2.05, 4.69) is 5.32 Å². The zero-order valence-corrected chi connectivity index (χ0v) is 16.9. The summed E-state index contributed by atoms with van der Waals surface area (Å²) in [6.07, 6.45) is 3.53. The molecule has 27 heavy (non-hydrogen) atoms. The molecule has 8 heteroatoms. The summed E-state index contributed by atoms with van der Waals surface area (Å²) in [6.45, 7) is 8.56. The maximum absolute atomic E-state index is 12.8. The van der Waals surface area contributed by atoms with Gasteiger partial charge < -0.3 is 14.8 Å². The molecule has 1 aliphatic heterocycles. The zero-order chi connectivity index (χ0) is 20.4. The van der Waals surface area contributed by atoms with E-state index < -0.39 is 23.3 Å². The van der Waals surface area contributed by atoms with Crippen LogP contribution in [0.3, 0.4) is 0 Å². The zero-order valence-electron chi connectivity index (χ0n) is 16.9. The van der Waals surface area contributed by atoms with Gasteiger partial charge in [-0.25, -0.2) is 9.86 Å². The van der Waals surface area contributed by atoms with Crippen molar-refractivity contribution in [3.63, 3.8) is 0 Å². The number of hydrogen-bond donors (Lipinski definition) is 2. The standard InChI is InChI=1S/C19H34N2O6/c1-5-6-7-14(12-21(25)13-22)17(23)20-16(19(2,3)4)18(24)27-15-8-10-26-11-9-15/h13-16,25H,5-12H2,1-4H3,(H,20,23). The van der Waals surface area contributed by atoms with Gasteiger partial charge in [0.25, 0.3) is 0 Å². The first-order valence-electron chi connectivity index (χ1n) is 9.68. The monoisotopic (exact) mass is 386 g/mol. The molecule has 156 valence electrons. The number of hydrogen-bond acceptors (Lipinski definition) is 6. The summed E-state index contributed by atoms with van der Waals surface area (Å²) in [5.41, 5.74) is -0.545. The maximum Gasteiger partial charge on any atom is 0.329 e. The molecule has 0 spiro atoms. The second-order valence-electron chi connectivity index (χ2n) is 8.12. The summed E-state index contributed by atoms with van der Waals surface area (Å²) in [5, 5.41) is 12.7. The Morgan fingerprint density at radius 2 is 1.96 bits per heavy atom. The van der Waals surface area contributed by atoms with Gasteiger partial charge in [-0.3, -0.25) is 14.8 Å². The third kappa shape index (κ3) is 8.26. The number of unbranched alkanes of at least 4 members (excludes halogenated alkanes) is 1. The molecule has 1 fully saturated rings. The van der Waals surface area contributed by atoms with E-state index in [1.54, 1.807) is 0 Å². The molecular formula is C19H34N2O6. The molecule has 1 aliphatic rings. The van der Waals surface area contributed by atoms with E-state index in [1.165, 1.54) is 0 Å². The lowest BCUT2D eigenvalue weighted by molar-refractivity contribution is -0.162. The smallest absolute Gasteiger partial charge is 0.329 e. The van der Waals surface area contributed by atoms with Crippen LogP contribution in [0.15, 0.2) is 0 Å². The lowest BCUT2D eigenvalue weighted by atomic mass is 9.86. The fraction of sp³-hybridized carbons (Fsp3) is 0.842. The Balaban J connectivity index is 2.80. The average molecular weight is 386 g/mol. The van der Waals surface area contributed by atoms with E-state index in [0.717, 1.165) is 12.8 Å². The molecule has 2 unspecified atom stereocenters. The molecular weight excluding hydrogens is 352 g/mol. The Hall–Kier alpha value is -1.67. The van der Waals surface area contributed by atoms with Gasteiger partial charge in [0.1, 0.15) is 12.1 Å². The predicted molar refractivity (Wildman–Crippen MR) is 98.9 cm³/mol. The minimum Gasteiger partial charge on any atom is -0.461 e. The van der Waals surface area contributed by atoms with E-state index in [4.69, 9.17) is 9.47 Å². The first-order valence-corrected chi connectivity index (χ1v) is 9.68. The molecule has 2 amide bonds. The summed E-state index contributed by atoms with van der Waals surface area (Å²) in [5.74, 6) is -1.43. The molecule has 2 atom stereocenters. The highest BCUT2D eigenvalue weighted by molar-refractivity contribution is 5.86. The highest BCUT2D eigenvalue weighted by Crippen LogP contribution is 2.23. The van der Waals surface area contributed by atoms with Crippen molar-refractivity contribution in [2.75, 3.05) is 19.8 Å². The highest BCUT2D eigenvalue weighted by atomic mass is 16.6. The molecule has 1 saturated heterocycles. The van der Waals surface area contributed by atoms with Crippen LogP contribution in [0.5, 0.6) is 0 Å². The van der Waals surface area contributed by atoms with Crippen LogP contribution in [0, 0.1) is 11.3 Å². The fourth-order valence-corrected chi connectivity index (χ4v) is 2.94. The molecule has 0 saturated carbocycles. The van der Waals surface area contributed by atoms with Crippen molar-refractivity contribution in [2.45, 2.75) is 71.9 Å². The first kappa shape index (κ1) is 23.4. The van der Waals surface area contributed by atoms with Gasteiger partial charge in [0, 0.05) is 12.8 Å². The summed E-state index contributed by atoms with van der Waals surface area (Å²) < 4.78 is 10.9. The number of esters is 1. The largest absolute Gasteiger partial charge is 0.461 e. The predicted octanol–water partition coefficient (Wildman–Crippen LogP) is 1.89. The topological polar surface area (TPSA) is 105 Å². The van der Waals surface area contributed by atoms with Gasteiger partial charge in [0.2, 0.25) is 12.3 Å². The van der Waals surface area contributed by atoms with E-state index >= 15 is 0 Å². The number of hydroxylamine groups is 2. The van der Waals surface area contributed by atoms with E-state index in [0.29, 0.717) is 37.5 Å². The molecule has 0 aliphatic carbocycles. The van der Waals surface area contributed by atoms with Crippen LogP contribution in [0.2, 0.25) is 0 Å². The lowest BCUT2D eigenvalue weighted by Gasteiger charge is -2.33. The number of carbonyl (C=O) groups excluding carboxylic acids is 3. The van der Waals surface area contributed by atoms with Crippen molar-refractivity contribution in [1.29, 1.82) is 0 Å². The van der Waals surface area contributed by atoms with Crippen LogP contribution in [-0.2, 0) is 23.9 Å². The van der Waals surface area contributed by atoms with Crippen LogP contribution in [0.25, 0.3) is 0 Å². The van der Waals surface area contributed by atoms with Crippen molar-refractivity contribution in [3.8, 4) is 0 Å². The maximum atomic E-state index is 12.8. The van der Waals surface area contributed by atoms with Crippen molar-refractivity contribution in [3.05, 3.63) is 0 Å². The second-order valence-corrected chi connectivity index (χ2v) is 8.12. The number of ether oxygens (including phenoxy) is 2. The van der Waals surface area contributed by atoms with E-state index in [1.807, 2.05) is 27.7 Å². The number of nitrogens with zero attached hydrogens (tertiary/aromatic N) is 1. The van der Waals surface area contributed by atoms with E-state index in [9.17, 15) is 19.6 Å². The Kier molecular flexibility index (Phi) is 9.73. The minimum atomic E-state index is -0.819. The van der Waals surface area contributed by atoms with E-state index in [-0.39, 0.29) is 25.0 Å². The molecule has 2 N–H and O–H groups in total. The summed E-state index contributed by atoms with van der Waals surface area (Å²) >= 11 is 0. The molecule has 0 radical (unpaired) electrons. The van der Waals surface area contributed by atoms with Gasteiger partial charge in [0.15, 0.2) is 0 Å². The molecule has 1 rings (SSSR count). The number of amides is 2. The number of rotatable bonds is 10. The second kappa shape index (κ2) is 11.2. The minimum absolute atomic E-state index is 0.110. The van der Waals surface area contributed by atoms with Crippen LogP contribution in [-0.4, -0.2) is 60.5 Å². The molecule has 0 aromatic rings. The number of carbonyl (C=O) groups is 3. The SMILES string of the molecule is CCCCC(CN(O)C=O)C(=O)NC(C(=O)OC1CCOCC1)C(C)(C)C. The number of nitrogens with one attached hydrogen (secondary N) is 1. The quantitative estimate of drug-likeness (QED) is 0.257. The van der Waals surface area contributed by atoms with Crippen molar-refractivity contribution >= 4 is 18.3 Å². The van der Waals surface area contributed by atoms with Crippen LogP contribution < -0.4 is 5.32 Å². The van der Waals surface area contributed by atoms with Gasteiger partial charge in [-0.15, -0.1) is 0 Å². The fourth-order valence-electron chi connectivity index (χ4n) is 2.94. The summed E-state index contributed by atoms with van der Waals surface area (Å²) in [7, 11) is 0. The summed E-state index contributed by atoms with van der Waals surface area (Å²) in [6, 6.07) is -0.819. The Morgan fingerprint density at radius 3 is 2.48 bits per heavy atom. The average Bonchev–Trinajstić information content (AvgIpc) is 2.62. The molecule has 0 aromatic carbocycles. The van der Waals surface area contributed by atoms with Crippen LogP contribution in [0.4, 0.5) is 0 Å². The van der Waals surface area contributed by atoms with Crippen LogP contribution >= 0.6 is 0 Å². The van der Waals surface area contributed by atoms with Crippen molar-refractivity contribution < 1.29 is 29.1 Å². The molecule has 0 aromatic heterocycles. The van der Waals surface area contributed by atoms with Gasteiger partial charge in [0.05, 0.1) is 25.7 Å². The first-order chi connectivity index (χ1) is 12.7. The highest BCUT2D eigenvalue weighted by Gasteiger charge is 2.37. The lowest BCUT2D eigenvalue weighted by Crippen LogP contribution is -2.53. The molecule has 8 nitrogen and oxygen atoms in total. The van der Waals surface area contributed by atoms with Crippen LogP contribution in [0.1, 0.15) is 59.8 Å². The van der Waals surface area contributed by atoms with Crippen molar-refractivity contribution in [2.24, 2.45) is 11.3 Å². The molecule has 1 heterocycles. The molecule has 0 bridgehead atoms.